The van der Waals surface area contributed by atoms with Crippen LogP contribution in [-0.4, -0.2) is 15.0 Å². The first-order valence-electron chi connectivity index (χ1n) is 8.07. The van der Waals surface area contributed by atoms with Crippen LogP contribution in [0.15, 0.2) is 29.3 Å². The Hall–Kier alpha value is -2.53. The molecule has 0 bridgehead atoms. The molecule has 0 aliphatic heterocycles. The summed E-state index contributed by atoms with van der Waals surface area (Å²) in [5.74, 6) is 0.947. The maximum Gasteiger partial charge on any atom is 0.418 e. The van der Waals surface area contributed by atoms with E-state index < -0.39 is 11.7 Å². The summed E-state index contributed by atoms with van der Waals surface area (Å²) in [6.45, 7) is 0. The molecule has 0 saturated carbocycles. The highest BCUT2D eigenvalue weighted by molar-refractivity contribution is 7.98. The van der Waals surface area contributed by atoms with Crippen LogP contribution >= 0.6 is 11.8 Å². The number of imidazole rings is 1. The molecular formula is C18H13F3N4S. The lowest BCUT2D eigenvalue weighted by Gasteiger charge is -2.16. The number of hydrogen-bond acceptors (Lipinski definition) is 4. The Balaban J connectivity index is 1.71. The van der Waals surface area contributed by atoms with Gasteiger partial charge in [0.15, 0.2) is 0 Å². The number of para-hydroxylation sites is 2. The highest BCUT2D eigenvalue weighted by Crippen LogP contribution is 2.41. The molecule has 0 atom stereocenters. The third-order valence-corrected chi connectivity index (χ3v) is 5.36. The molecule has 1 aliphatic carbocycles. The number of hydrogen-bond donors (Lipinski definition) is 1. The number of halogens is 3. The number of nitrogens with one attached hydrogen (secondary N) is 1. The second kappa shape index (κ2) is 6.32. The molecule has 0 spiro atoms. The molecular weight excluding hydrogens is 361 g/mol. The summed E-state index contributed by atoms with van der Waals surface area (Å²) < 4.78 is 40.7. The van der Waals surface area contributed by atoms with Gasteiger partial charge in [-0.05, 0) is 37.0 Å². The van der Waals surface area contributed by atoms with Gasteiger partial charge in [-0.2, -0.15) is 18.4 Å². The van der Waals surface area contributed by atoms with Crippen molar-refractivity contribution in [2.24, 2.45) is 0 Å². The van der Waals surface area contributed by atoms with Gasteiger partial charge in [0, 0.05) is 5.69 Å². The number of H-pyrrole nitrogens is 1. The van der Waals surface area contributed by atoms with Gasteiger partial charge in [-0.1, -0.05) is 23.9 Å². The molecule has 1 aliphatic rings. The van der Waals surface area contributed by atoms with Gasteiger partial charge in [0.25, 0.3) is 0 Å². The van der Waals surface area contributed by atoms with Crippen LogP contribution in [0.2, 0.25) is 0 Å². The van der Waals surface area contributed by atoms with Crippen LogP contribution in [0.4, 0.5) is 13.2 Å². The Morgan fingerprint density at radius 2 is 2.00 bits per heavy atom. The third kappa shape index (κ3) is 2.92. The van der Waals surface area contributed by atoms with Gasteiger partial charge in [-0.3, -0.25) is 0 Å². The van der Waals surface area contributed by atoms with Crippen LogP contribution in [0, 0.1) is 11.3 Å². The van der Waals surface area contributed by atoms with E-state index in [4.69, 9.17) is 0 Å². The predicted molar refractivity (Wildman–Crippen MR) is 91.6 cm³/mol. The average Bonchev–Trinajstić information content (AvgIpc) is 3.23. The number of aromatic amines is 1. The molecule has 0 fully saturated rings. The number of rotatable bonds is 3. The molecule has 0 amide bonds. The second-order valence-corrected chi connectivity index (χ2v) is 7.01. The van der Waals surface area contributed by atoms with E-state index in [0.29, 0.717) is 36.5 Å². The van der Waals surface area contributed by atoms with E-state index in [1.54, 1.807) is 6.07 Å². The van der Waals surface area contributed by atoms with Gasteiger partial charge in [0.2, 0.25) is 0 Å². The molecule has 26 heavy (non-hydrogen) atoms. The van der Waals surface area contributed by atoms with Gasteiger partial charge in [0.05, 0.1) is 27.9 Å². The summed E-state index contributed by atoms with van der Waals surface area (Å²) in [5, 5.41) is 9.50. The summed E-state index contributed by atoms with van der Waals surface area (Å²) in [6, 6.07) is 9.21. The smallest absolute Gasteiger partial charge is 0.341 e. The van der Waals surface area contributed by atoms with E-state index in [1.165, 1.54) is 0 Å². The van der Waals surface area contributed by atoms with Crippen molar-refractivity contribution < 1.29 is 13.2 Å². The fraction of sp³-hybridized carbons (Fsp3) is 0.278. The Morgan fingerprint density at radius 3 is 2.73 bits per heavy atom. The number of benzene rings is 1. The SMILES string of the molecule is N#Cc1c(SCc2nc3ccccc3[nH]2)nc2c(c1C(F)(F)F)CCC2. The minimum atomic E-state index is -4.56. The number of aryl methyl sites for hydroxylation is 1. The minimum Gasteiger partial charge on any atom is -0.341 e. The number of nitriles is 1. The lowest BCUT2D eigenvalue weighted by Crippen LogP contribution is -2.14. The van der Waals surface area contributed by atoms with Crippen molar-refractivity contribution in [2.75, 3.05) is 0 Å². The maximum absolute atomic E-state index is 13.6. The summed E-state index contributed by atoms with van der Waals surface area (Å²) >= 11 is 1.11. The van der Waals surface area contributed by atoms with Crippen LogP contribution in [-0.2, 0) is 24.8 Å². The van der Waals surface area contributed by atoms with Gasteiger partial charge in [-0.15, -0.1) is 0 Å². The molecule has 4 rings (SSSR count). The highest BCUT2D eigenvalue weighted by atomic mass is 32.2. The van der Waals surface area contributed by atoms with Gasteiger partial charge < -0.3 is 4.98 Å². The van der Waals surface area contributed by atoms with E-state index >= 15 is 0 Å². The van der Waals surface area contributed by atoms with E-state index in [1.807, 2.05) is 24.3 Å². The second-order valence-electron chi connectivity index (χ2n) is 6.04. The Morgan fingerprint density at radius 1 is 1.19 bits per heavy atom. The molecule has 3 aromatic rings. The van der Waals surface area contributed by atoms with Crippen molar-refractivity contribution in [1.29, 1.82) is 5.26 Å². The summed E-state index contributed by atoms with van der Waals surface area (Å²) in [5.41, 5.74) is 1.11. The van der Waals surface area contributed by atoms with E-state index in [0.717, 1.165) is 22.8 Å². The van der Waals surface area contributed by atoms with Crippen LogP contribution in [0.3, 0.4) is 0 Å². The molecule has 4 nitrogen and oxygen atoms in total. The molecule has 8 heteroatoms. The molecule has 132 valence electrons. The first kappa shape index (κ1) is 16.9. The number of thioether (sulfide) groups is 1. The maximum atomic E-state index is 13.6. The molecule has 0 radical (unpaired) electrons. The van der Waals surface area contributed by atoms with E-state index in [2.05, 4.69) is 15.0 Å². The van der Waals surface area contributed by atoms with Crippen molar-refractivity contribution in [3.05, 3.63) is 52.5 Å². The molecule has 1 aromatic carbocycles. The Bertz CT molecular complexity index is 1000. The first-order valence-corrected chi connectivity index (χ1v) is 9.05. The van der Waals surface area contributed by atoms with Gasteiger partial charge in [0.1, 0.15) is 16.9 Å². The number of pyridine rings is 1. The lowest BCUT2D eigenvalue weighted by atomic mass is 10.0. The standard InChI is InChI=1S/C18H13F3N4S/c19-18(20,21)16-10-4-3-7-12(10)25-17(11(16)8-22)26-9-15-23-13-5-1-2-6-14(13)24-15/h1-2,5-6H,3-4,7,9H2,(H,23,24). The molecule has 0 saturated heterocycles. The van der Waals surface area contributed by atoms with Crippen molar-refractivity contribution in [1.82, 2.24) is 15.0 Å². The predicted octanol–water partition coefficient (Wildman–Crippen LogP) is 4.63. The van der Waals surface area contributed by atoms with Crippen LogP contribution in [0.25, 0.3) is 11.0 Å². The monoisotopic (exact) mass is 374 g/mol. The number of alkyl halides is 3. The molecule has 2 heterocycles. The van der Waals surface area contributed by atoms with E-state index in [9.17, 15) is 18.4 Å². The molecule has 2 aromatic heterocycles. The average molecular weight is 374 g/mol. The summed E-state index contributed by atoms with van der Waals surface area (Å²) in [4.78, 5) is 11.9. The minimum absolute atomic E-state index is 0.126. The number of nitrogens with zero attached hydrogens (tertiary/aromatic N) is 3. The fourth-order valence-corrected chi connectivity index (χ4v) is 4.17. The first-order chi connectivity index (χ1) is 12.5. The Kier molecular flexibility index (Phi) is 4.11. The van der Waals surface area contributed by atoms with E-state index in [-0.39, 0.29) is 16.2 Å². The van der Waals surface area contributed by atoms with Gasteiger partial charge in [-0.25, -0.2) is 9.97 Å². The highest BCUT2D eigenvalue weighted by Gasteiger charge is 2.40. The van der Waals surface area contributed by atoms with Gasteiger partial charge >= 0.3 is 6.18 Å². The van der Waals surface area contributed by atoms with Crippen LogP contribution in [0.5, 0.6) is 0 Å². The fourth-order valence-electron chi connectivity index (χ4n) is 3.29. The zero-order chi connectivity index (χ0) is 18.3. The zero-order valence-corrected chi connectivity index (χ0v) is 14.3. The van der Waals surface area contributed by atoms with Crippen molar-refractivity contribution in [2.45, 2.75) is 36.2 Å². The van der Waals surface area contributed by atoms with Crippen molar-refractivity contribution in [3.63, 3.8) is 0 Å². The Labute approximate surface area is 151 Å². The summed E-state index contributed by atoms with van der Waals surface area (Å²) in [7, 11) is 0. The third-order valence-electron chi connectivity index (χ3n) is 4.37. The molecule has 0 unspecified atom stereocenters. The zero-order valence-electron chi connectivity index (χ0n) is 13.5. The van der Waals surface area contributed by atoms with Crippen molar-refractivity contribution >= 4 is 22.8 Å². The molecule has 1 N–H and O–H groups in total. The largest absolute Gasteiger partial charge is 0.418 e. The van der Waals surface area contributed by atoms with Crippen LogP contribution in [0.1, 0.15) is 34.6 Å². The lowest BCUT2D eigenvalue weighted by molar-refractivity contribution is -0.138. The number of fused-ring (bicyclic) bond motifs is 2. The topological polar surface area (TPSA) is 65.4 Å². The normalized spacial score (nSPS) is 13.8. The van der Waals surface area contributed by atoms with Crippen molar-refractivity contribution in [3.8, 4) is 6.07 Å². The quantitative estimate of drug-likeness (QED) is 0.679. The number of aromatic nitrogens is 3. The van der Waals surface area contributed by atoms with Crippen LogP contribution < -0.4 is 0 Å². The summed E-state index contributed by atoms with van der Waals surface area (Å²) in [6.07, 6.45) is -3.09.